The van der Waals surface area contributed by atoms with Gasteiger partial charge in [0.05, 0.1) is 41.7 Å². The van der Waals surface area contributed by atoms with Crippen LogP contribution in [0.4, 0.5) is 11.4 Å². The number of H-pyrrole nitrogens is 1. The molecule has 3 rings (SSSR count). The van der Waals surface area contributed by atoms with Crippen molar-refractivity contribution in [2.45, 2.75) is 13.8 Å². The number of aromatic nitrogens is 1. The van der Waals surface area contributed by atoms with Crippen LogP contribution in [0.3, 0.4) is 0 Å². The van der Waals surface area contributed by atoms with Crippen LogP contribution >= 0.6 is 0 Å². The third kappa shape index (κ3) is 3.45. The first-order valence-corrected chi connectivity index (χ1v) is 9.51. The summed E-state index contributed by atoms with van der Waals surface area (Å²) in [6.45, 7) is 7.87. The van der Waals surface area contributed by atoms with Crippen molar-refractivity contribution >= 4 is 33.2 Å². The molecule has 0 amide bonds. The molecule has 0 bridgehead atoms. The van der Waals surface area contributed by atoms with Crippen LogP contribution in [0.2, 0.25) is 0 Å². The number of anilines is 2. The Hall–Kier alpha value is -2.93. The molecule has 28 heavy (non-hydrogen) atoms. The molecule has 0 unspecified atom stereocenters. The molecule has 0 aliphatic heterocycles. The van der Waals surface area contributed by atoms with E-state index in [0.29, 0.717) is 39.0 Å². The zero-order valence-corrected chi connectivity index (χ0v) is 16.9. The smallest absolute Gasteiger partial charge is 0.203 e. The molecule has 3 aromatic rings. The molecule has 2 aromatic carbocycles. The van der Waals surface area contributed by atoms with E-state index in [1.807, 2.05) is 6.07 Å². The van der Waals surface area contributed by atoms with Gasteiger partial charge in [-0.05, 0) is 37.4 Å². The van der Waals surface area contributed by atoms with E-state index in [9.17, 15) is 4.79 Å². The predicted molar refractivity (Wildman–Crippen MR) is 116 cm³/mol. The van der Waals surface area contributed by atoms with Gasteiger partial charge in [-0.25, -0.2) is 0 Å². The molecule has 0 saturated heterocycles. The number of nitrogens with two attached hydrogens (primary N) is 1. The first-order valence-electron chi connectivity index (χ1n) is 9.51. The summed E-state index contributed by atoms with van der Waals surface area (Å²) in [5, 5.41) is 4.37. The molecule has 0 radical (unpaired) electrons. The normalized spacial score (nSPS) is 11.3. The summed E-state index contributed by atoms with van der Waals surface area (Å²) in [5.74, 6) is 1.06. The average Bonchev–Trinajstić information content (AvgIpc) is 2.72. The minimum atomic E-state index is -0.142. The molecule has 0 aliphatic rings. The van der Waals surface area contributed by atoms with E-state index in [1.165, 1.54) is 0 Å². The zero-order chi connectivity index (χ0) is 20.3. The summed E-state index contributed by atoms with van der Waals surface area (Å²) in [5.41, 5.74) is 8.48. The first kappa shape index (κ1) is 19.8. The van der Waals surface area contributed by atoms with E-state index in [-0.39, 0.29) is 5.43 Å². The monoisotopic (exact) mass is 384 g/mol. The van der Waals surface area contributed by atoms with Gasteiger partial charge in [0.15, 0.2) is 0 Å². The van der Waals surface area contributed by atoms with Crippen molar-refractivity contribution < 1.29 is 9.47 Å². The summed E-state index contributed by atoms with van der Waals surface area (Å²) in [6.07, 6.45) is 0. The number of rotatable bonds is 8. The van der Waals surface area contributed by atoms with Crippen LogP contribution in [0.25, 0.3) is 21.8 Å². The highest BCUT2D eigenvalue weighted by Gasteiger charge is 2.17. The van der Waals surface area contributed by atoms with Crippen molar-refractivity contribution in [3.63, 3.8) is 0 Å². The van der Waals surface area contributed by atoms with E-state index in [1.54, 1.807) is 32.4 Å². The van der Waals surface area contributed by atoms with Gasteiger partial charge < -0.3 is 30.4 Å². The van der Waals surface area contributed by atoms with Gasteiger partial charge in [0, 0.05) is 18.8 Å². The molecule has 1 aromatic heterocycles. The van der Waals surface area contributed by atoms with Gasteiger partial charge in [0.1, 0.15) is 11.5 Å². The Bertz CT molecular complexity index is 1040. The van der Waals surface area contributed by atoms with Crippen molar-refractivity contribution in [1.82, 2.24) is 9.88 Å². The van der Waals surface area contributed by atoms with E-state index in [4.69, 9.17) is 15.2 Å². The second-order valence-corrected chi connectivity index (χ2v) is 6.58. The number of hydrogen-bond donors (Lipinski definition) is 3. The van der Waals surface area contributed by atoms with E-state index in [2.05, 4.69) is 29.0 Å². The lowest BCUT2D eigenvalue weighted by Gasteiger charge is -2.19. The number of likely N-dealkylation sites (N-methyl/N-ethyl adjacent to an activating group) is 1. The fourth-order valence-corrected chi connectivity index (χ4v) is 3.53. The number of nitrogens with zero attached hydrogens (tertiary/aromatic N) is 1. The number of aromatic amines is 1. The van der Waals surface area contributed by atoms with E-state index in [0.717, 1.165) is 31.9 Å². The summed E-state index contributed by atoms with van der Waals surface area (Å²) >= 11 is 0. The zero-order valence-electron chi connectivity index (χ0n) is 16.9. The third-order valence-corrected chi connectivity index (χ3v) is 5.15. The Labute approximate surface area is 164 Å². The van der Waals surface area contributed by atoms with Gasteiger partial charge in [0.2, 0.25) is 5.43 Å². The van der Waals surface area contributed by atoms with Crippen LogP contribution in [0, 0.1) is 0 Å². The molecule has 0 saturated carbocycles. The van der Waals surface area contributed by atoms with Crippen LogP contribution in [0.15, 0.2) is 29.1 Å². The fraction of sp³-hybridized carbons (Fsp3) is 0.381. The molecular formula is C21H28N4O3. The molecule has 0 fully saturated rings. The Kier molecular flexibility index (Phi) is 5.94. The number of nitrogens with one attached hydrogen (secondary N) is 2. The highest BCUT2D eigenvalue weighted by molar-refractivity contribution is 6.06. The second-order valence-electron chi connectivity index (χ2n) is 6.58. The number of hydrogen-bond acceptors (Lipinski definition) is 6. The summed E-state index contributed by atoms with van der Waals surface area (Å²) in [4.78, 5) is 19.1. The topological polar surface area (TPSA) is 92.6 Å². The van der Waals surface area contributed by atoms with Crippen molar-refractivity contribution in [3.8, 4) is 11.5 Å². The van der Waals surface area contributed by atoms with Crippen LogP contribution in [0.5, 0.6) is 11.5 Å². The minimum Gasteiger partial charge on any atom is -0.496 e. The lowest BCUT2D eigenvalue weighted by molar-refractivity contribution is 0.316. The number of methoxy groups -OCH3 is 2. The molecule has 1 heterocycles. The average molecular weight is 384 g/mol. The van der Waals surface area contributed by atoms with Crippen molar-refractivity contribution in [3.05, 3.63) is 34.5 Å². The van der Waals surface area contributed by atoms with Crippen molar-refractivity contribution in [1.29, 1.82) is 0 Å². The molecule has 150 valence electrons. The highest BCUT2D eigenvalue weighted by atomic mass is 16.5. The summed E-state index contributed by atoms with van der Waals surface area (Å²) < 4.78 is 10.9. The number of benzene rings is 2. The molecule has 4 N–H and O–H groups in total. The van der Waals surface area contributed by atoms with Crippen LogP contribution in [-0.4, -0.2) is 50.3 Å². The fourth-order valence-electron chi connectivity index (χ4n) is 3.53. The Morgan fingerprint density at radius 2 is 1.68 bits per heavy atom. The summed E-state index contributed by atoms with van der Waals surface area (Å²) in [7, 11) is 3.12. The van der Waals surface area contributed by atoms with Crippen LogP contribution in [-0.2, 0) is 0 Å². The number of nitrogen functional groups attached to an aromatic ring is 1. The summed E-state index contributed by atoms with van der Waals surface area (Å²) in [6, 6.07) is 7.16. The lowest BCUT2D eigenvalue weighted by atomic mass is 10.1. The maximum atomic E-state index is 13.5. The molecule has 0 atom stereocenters. The Morgan fingerprint density at radius 1 is 1.00 bits per heavy atom. The minimum absolute atomic E-state index is 0.142. The SMILES string of the molecule is CCN(CC)CCNc1ccc(N)c2[nH]c3c(OC)ccc(OC)c3c(=O)c12. The molecule has 7 nitrogen and oxygen atoms in total. The van der Waals surface area contributed by atoms with Gasteiger partial charge in [-0.1, -0.05) is 13.8 Å². The van der Waals surface area contributed by atoms with Crippen LogP contribution < -0.4 is 26.0 Å². The molecular weight excluding hydrogens is 356 g/mol. The van der Waals surface area contributed by atoms with Crippen molar-refractivity contribution in [2.24, 2.45) is 0 Å². The van der Waals surface area contributed by atoms with Crippen LogP contribution in [0.1, 0.15) is 13.8 Å². The predicted octanol–water partition coefficient (Wildman–Crippen LogP) is 3.03. The Morgan fingerprint density at radius 3 is 2.32 bits per heavy atom. The second kappa shape index (κ2) is 8.39. The quantitative estimate of drug-likeness (QED) is 0.408. The van der Waals surface area contributed by atoms with Gasteiger partial charge >= 0.3 is 0 Å². The molecule has 0 aliphatic carbocycles. The van der Waals surface area contributed by atoms with Crippen molar-refractivity contribution in [2.75, 3.05) is 51.4 Å². The van der Waals surface area contributed by atoms with E-state index < -0.39 is 0 Å². The van der Waals surface area contributed by atoms with E-state index >= 15 is 0 Å². The number of fused-ring (bicyclic) bond motifs is 2. The maximum Gasteiger partial charge on any atom is 0.203 e. The molecule has 0 spiro atoms. The lowest BCUT2D eigenvalue weighted by Crippen LogP contribution is -2.28. The number of pyridine rings is 1. The van der Waals surface area contributed by atoms with Gasteiger partial charge in [-0.3, -0.25) is 4.79 Å². The standard InChI is InChI=1S/C21H28N4O3/c1-5-25(6-2)12-11-23-14-8-7-13(22)19-17(14)21(26)18-15(27-3)9-10-16(28-4)20(18)24-19/h7-10,23H,5-6,11-12,22H2,1-4H3,(H,24,26). The molecule has 7 heteroatoms. The first-order chi connectivity index (χ1) is 13.5. The Balaban J connectivity index is 2.18. The number of ether oxygens (including phenoxy) is 2. The van der Waals surface area contributed by atoms with Gasteiger partial charge in [-0.15, -0.1) is 0 Å². The largest absolute Gasteiger partial charge is 0.496 e. The van der Waals surface area contributed by atoms with Gasteiger partial charge in [0.25, 0.3) is 0 Å². The third-order valence-electron chi connectivity index (χ3n) is 5.15. The maximum absolute atomic E-state index is 13.5. The highest BCUT2D eigenvalue weighted by Crippen LogP contribution is 2.34. The van der Waals surface area contributed by atoms with Gasteiger partial charge in [-0.2, -0.15) is 0 Å².